The topological polar surface area (TPSA) is 67.4 Å². The van der Waals surface area contributed by atoms with Crippen LogP contribution in [-0.2, 0) is 16.1 Å². The first-order valence-corrected chi connectivity index (χ1v) is 7.40. The monoisotopic (exact) mass is 290 g/mol. The molecule has 0 aliphatic heterocycles. The summed E-state index contributed by atoms with van der Waals surface area (Å²) in [5, 5.41) is 5.43. The fourth-order valence-electron chi connectivity index (χ4n) is 2.54. The van der Waals surface area contributed by atoms with Gasteiger partial charge in [0.1, 0.15) is 5.75 Å². The minimum atomic E-state index is -0.580. The number of methoxy groups -OCH3 is 1. The van der Waals surface area contributed by atoms with Gasteiger partial charge >= 0.3 is 11.8 Å². The van der Waals surface area contributed by atoms with E-state index < -0.39 is 11.8 Å². The van der Waals surface area contributed by atoms with Gasteiger partial charge in [-0.25, -0.2) is 0 Å². The second-order valence-corrected chi connectivity index (χ2v) is 5.34. The van der Waals surface area contributed by atoms with Crippen molar-refractivity contribution in [1.82, 2.24) is 10.6 Å². The van der Waals surface area contributed by atoms with Crippen LogP contribution in [0.3, 0.4) is 0 Å². The van der Waals surface area contributed by atoms with Crippen molar-refractivity contribution >= 4 is 11.8 Å². The summed E-state index contributed by atoms with van der Waals surface area (Å²) < 4.78 is 5.12. The fraction of sp³-hybridized carbons (Fsp3) is 0.500. The molecule has 0 bridgehead atoms. The summed E-state index contributed by atoms with van der Waals surface area (Å²) in [5.74, 6) is -0.387. The van der Waals surface area contributed by atoms with Crippen molar-refractivity contribution in [3.05, 3.63) is 29.8 Å². The highest BCUT2D eigenvalue weighted by Crippen LogP contribution is 2.17. The van der Waals surface area contributed by atoms with Gasteiger partial charge in [-0.3, -0.25) is 9.59 Å². The van der Waals surface area contributed by atoms with Crippen LogP contribution in [0.1, 0.15) is 37.7 Å². The standard InChI is InChI=1S/C16H22N2O3/c1-21-14-9-5-6-12(10-14)11-17-15(19)16(20)18-13-7-3-2-4-8-13/h5-6,9-10,13H,2-4,7-8,11H2,1H3,(H,17,19)(H,18,20). The largest absolute Gasteiger partial charge is 0.497 e. The van der Waals surface area contributed by atoms with Crippen LogP contribution in [0.25, 0.3) is 0 Å². The molecule has 5 nitrogen and oxygen atoms in total. The molecule has 0 spiro atoms. The first-order chi connectivity index (χ1) is 10.2. The Bertz CT molecular complexity index is 496. The molecular weight excluding hydrogens is 268 g/mol. The normalized spacial score (nSPS) is 15.3. The van der Waals surface area contributed by atoms with Crippen molar-refractivity contribution in [3.8, 4) is 5.75 Å². The predicted molar refractivity (Wildman–Crippen MR) is 79.9 cm³/mol. The van der Waals surface area contributed by atoms with Gasteiger partial charge in [-0.15, -0.1) is 0 Å². The summed E-state index contributed by atoms with van der Waals surface area (Å²) in [7, 11) is 1.59. The van der Waals surface area contributed by atoms with E-state index in [1.807, 2.05) is 24.3 Å². The Hall–Kier alpha value is -2.04. The van der Waals surface area contributed by atoms with Gasteiger partial charge in [0.05, 0.1) is 7.11 Å². The molecule has 0 atom stereocenters. The number of ether oxygens (including phenoxy) is 1. The van der Waals surface area contributed by atoms with E-state index in [-0.39, 0.29) is 6.04 Å². The fourth-order valence-corrected chi connectivity index (χ4v) is 2.54. The van der Waals surface area contributed by atoms with E-state index in [0.717, 1.165) is 37.0 Å². The van der Waals surface area contributed by atoms with E-state index in [0.29, 0.717) is 6.54 Å². The number of rotatable bonds is 4. The Morgan fingerprint density at radius 1 is 1.19 bits per heavy atom. The molecule has 0 saturated heterocycles. The lowest BCUT2D eigenvalue weighted by atomic mass is 9.95. The molecule has 0 radical (unpaired) electrons. The average molecular weight is 290 g/mol. The van der Waals surface area contributed by atoms with Crippen molar-refractivity contribution in [2.24, 2.45) is 0 Å². The molecule has 0 unspecified atom stereocenters. The third-order valence-corrected chi connectivity index (χ3v) is 3.73. The van der Waals surface area contributed by atoms with Crippen molar-refractivity contribution in [2.45, 2.75) is 44.7 Å². The molecular formula is C16H22N2O3. The van der Waals surface area contributed by atoms with E-state index in [9.17, 15) is 9.59 Å². The Kier molecular flexibility index (Phi) is 5.60. The van der Waals surface area contributed by atoms with Crippen LogP contribution in [-0.4, -0.2) is 25.0 Å². The van der Waals surface area contributed by atoms with Gasteiger partial charge < -0.3 is 15.4 Å². The summed E-state index contributed by atoms with van der Waals surface area (Å²) >= 11 is 0. The molecule has 1 aliphatic rings. The van der Waals surface area contributed by atoms with Crippen molar-refractivity contribution in [1.29, 1.82) is 0 Å². The Morgan fingerprint density at radius 2 is 1.95 bits per heavy atom. The van der Waals surface area contributed by atoms with Crippen molar-refractivity contribution in [3.63, 3.8) is 0 Å². The zero-order valence-corrected chi connectivity index (χ0v) is 12.4. The zero-order chi connectivity index (χ0) is 15.1. The lowest BCUT2D eigenvalue weighted by molar-refractivity contribution is -0.139. The highest BCUT2D eigenvalue weighted by atomic mass is 16.5. The highest BCUT2D eigenvalue weighted by Gasteiger charge is 2.20. The number of carbonyl (C=O) groups is 2. The minimum absolute atomic E-state index is 0.147. The summed E-state index contributed by atoms with van der Waals surface area (Å²) in [4.78, 5) is 23.6. The third-order valence-electron chi connectivity index (χ3n) is 3.73. The molecule has 2 N–H and O–H groups in total. The van der Waals surface area contributed by atoms with Gasteiger partial charge in [-0.2, -0.15) is 0 Å². The van der Waals surface area contributed by atoms with E-state index in [2.05, 4.69) is 10.6 Å². The number of nitrogens with one attached hydrogen (secondary N) is 2. The molecule has 0 aromatic heterocycles. The maximum atomic E-state index is 11.8. The lowest BCUT2D eigenvalue weighted by Gasteiger charge is -2.22. The molecule has 1 aromatic rings. The maximum Gasteiger partial charge on any atom is 0.309 e. The summed E-state index contributed by atoms with van der Waals surface area (Å²) in [6.45, 7) is 0.314. The molecule has 1 aliphatic carbocycles. The van der Waals surface area contributed by atoms with Gasteiger partial charge in [0.15, 0.2) is 0 Å². The first-order valence-electron chi connectivity index (χ1n) is 7.40. The van der Waals surface area contributed by atoms with E-state index >= 15 is 0 Å². The smallest absolute Gasteiger partial charge is 0.309 e. The van der Waals surface area contributed by atoms with Crippen LogP contribution in [0.4, 0.5) is 0 Å². The van der Waals surface area contributed by atoms with Crippen LogP contribution in [0.2, 0.25) is 0 Å². The second kappa shape index (κ2) is 7.67. The number of carbonyl (C=O) groups excluding carboxylic acids is 2. The molecule has 2 rings (SSSR count). The van der Waals surface area contributed by atoms with Gasteiger partial charge in [0, 0.05) is 12.6 Å². The molecule has 0 heterocycles. The van der Waals surface area contributed by atoms with E-state index in [4.69, 9.17) is 4.74 Å². The van der Waals surface area contributed by atoms with E-state index in [1.54, 1.807) is 7.11 Å². The Balaban J connectivity index is 1.78. The number of benzene rings is 1. The van der Waals surface area contributed by atoms with Gasteiger partial charge in [-0.1, -0.05) is 31.4 Å². The molecule has 21 heavy (non-hydrogen) atoms. The molecule has 5 heteroatoms. The van der Waals surface area contributed by atoms with Crippen LogP contribution >= 0.6 is 0 Å². The van der Waals surface area contributed by atoms with Gasteiger partial charge in [0.25, 0.3) is 0 Å². The van der Waals surface area contributed by atoms with Gasteiger partial charge in [0.2, 0.25) is 0 Å². The molecule has 2 amide bonds. The minimum Gasteiger partial charge on any atom is -0.497 e. The summed E-state index contributed by atoms with van der Waals surface area (Å²) in [5.41, 5.74) is 0.896. The summed E-state index contributed by atoms with van der Waals surface area (Å²) in [6, 6.07) is 7.54. The van der Waals surface area contributed by atoms with Gasteiger partial charge in [-0.05, 0) is 30.5 Å². The molecule has 114 valence electrons. The number of hydrogen-bond acceptors (Lipinski definition) is 3. The van der Waals surface area contributed by atoms with Crippen LogP contribution in [0, 0.1) is 0 Å². The third kappa shape index (κ3) is 4.77. The first kappa shape index (κ1) is 15.4. The predicted octanol–water partition coefficient (Wildman–Crippen LogP) is 1.76. The van der Waals surface area contributed by atoms with Crippen molar-refractivity contribution < 1.29 is 14.3 Å². The van der Waals surface area contributed by atoms with Crippen LogP contribution < -0.4 is 15.4 Å². The molecule has 1 fully saturated rings. The Morgan fingerprint density at radius 3 is 2.67 bits per heavy atom. The highest BCUT2D eigenvalue weighted by molar-refractivity contribution is 6.35. The van der Waals surface area contributed by atoms with Crippen molar-refractivity contribution in [2.75, 3.05) is 7.11 Å². The molecule has 1 saturated carbocycles. The van der Waals surface area contributed by atoms with E-state index in [1.165, 1.54) is 6.42 Å². The number of hydrogen-bond donors (Lipinski definition) is 2. The lowest BCUT2D eigenvalue weighted by Crippen LogP contribution is -2.45. The quantitative estimate of drug-likeness (QED) is 0.830. The van der Waals surface area contributed by atoms with Crippen LogP contribution in [0.5, 0.6) is 5.75 Å². The average Bonchev–Trinajstić information content (AvgIpc) is 2.53. The van der Waals surface area contributed by atoms with Crippen LogP contribution in [0.15, 0.2) is 24.3 Å². The zero-order valence-electron chi connectivity index (χ0n) is 12.4. The Labute approximate surface area is 125 Å². The molecule has 1 aromatic carbocycles. The number of amides is 2. The second-order valence-electron chi connectivity index (χ2n) is 5.34. The SMILES string of the molecule is COc1cccc(CNC(=O)C(=O)NC2CCCCC2)c1. The maximum absolute atomic E-state index is 11.8. The summed E-state index contributed by atoms with van der Waals surface area (Å²) in [6.07, 6.45) is 5.39.